The molecule has 0 aliphatic heterocycles. The van der Waals surface area contributed by atoms with Crippen molar-refractivity contribution in [2.45, 2.75) is 20.8 Å². The maximum absolute atomic E-state index is 10.7. The monoisotopic (exact) mass is 359 g/mol. The van der Waals surface area contributed by atoms with E-state index in [1.165, 1.54) is 26.0 Å². The van der Waals surface area contributed by atoms with Crippen molar-refractivity contribution in [3.05, 3.63) is 54.1 Å². The Bertz CT molecular complexity index is 755. The highest BCUT2D eigenvalue weighted by Crippen LogP contribution is 2.17. The predicted molar refractivity (Wildman–Crippen MR) is 96.6 cm³/mol. The summed E-state index contributed by atoms with van der Waals surface area (Å²) in [7, 11) is 0. The van der Waals surface area contributed by atoms with Crippen LogP contribution in [0.5, 0.6) is 11.5 Å². The van der Waals surface area contributed by atoms with Crippen molar-refractivity contribution in [2.24, 2.45) is 0 Å². The maximum atomic E-state index is 10.7. The van der Waals surface area contributed by atoms with Crippen LogP contribution in [-0.2, 0) is 9.59 Å². The highest BCUT2D eigenvalue weighted by molar-refractivity contribution is 5.91. The van der Waals surface area contributed by atoms with Gasteiger partial charge in [-0.05, 0) is 43.3 Å². The third-order valence-electron chi connectivity index (χ3n) is 2.86. The van der Waals surface area contributed by atoms with E-state index >= 15 is 0 Å². The molecule has 0 atom stereocenters. The van der Waals surface area contributed by atoms with Crippen molar-refractivity contribution in [2.75, 3.05) is 11.9 Å². The Balaban J connectivity index is 0.000000260. The maximum Gasteiger partial charge on any atom is 0.339 e. The van der Waals surface area contributed by atoms with E-state index in [2.05, 4.69) is 10.1 Å². The molecule has 0 spiro atoms. The summed E-state index contributed by atoms with van der Waals surface area (Å²) in [5, 5.41) is 11.4. The fourth-order valence-electron chi connectivity index (χ4n) is 1.89. The molecule has 0 radical (unpaired) electrons. The second-order valence-corrected chi connectivity index (χ2v) is 5.03. The third-order valence-corrected chi connectivity index (χ3v) is 2.86. The van der Waals surface area contributed by atoms with Gasteiger partial charge in [-0.25, -0.2) is 4.79 Å². The molecule has 0 unspecified atom stereocenters. The zero-order valence-corrected chi connectivity index (χ0v) is 14.8. The highest BCUT2D eigenvalue weighted by Gasteiger charge is 2.11. The first-order valence-corrected chi connectivity index (χ1v) is 7.84. The molecule has 7 nitrogen and oxygen atoms in total. The zero-order valence-electron chi connectivity index (χ0n) is 14.8. The molecule has 0 aromatic heterocycles. The average Bonchev–Trinajstić information content (AvgIpc) is 2.57. The minimum Gasteiger partial charge on any atom is -0.494 e. The molecule has 0 saturated heterocycles. The molecule has 0 aliphatic carbocycles. The summed E-state index contributed by atoms with van der Waals surface area (Å²) >= 11 is 0. The van der Waals surface area contributed by atoms with Gasteiger partial charge in [0.15, 0.2) is 0 Å². The van der Waals surface area contributed by atoms with Crippen molar-refractivity contribution < 1.29 is 29.0 Å². The van der Waals surface area contributed by atoms with Gasteiger partial charge in [-0.3, -0.25) is 9.59 Å². The number of carboxylic acid groups (broad SMARTS) is 1. The van der Waals surface area contributed by atoms with Crippen molar-refractivity contribution in [1.82, 2.24) is 0 Å². The van der Waals surface area contributed by atoms with Gasteiger partial charge >= 0.3 is 11.9 Å². The third kappa shape index (κ3) is 7.48. The number of carbonyl (C=O) groups excluding carboxylic acids is 2. The standard InChI is InChI=1S/C10H13NO2.C9H8O4/c1-3-13-10-6-4-9(5-7-10)11-8(2)12;1-6(10)13-8-5-3-2-4-7(8)9(11)12/h4-7H,3H2,1-2H3,(H,11,12);2-5H,1H3,(H,11,12). The van der Waals surface area contributed by atoms with Crippen molar-refractivity contribution in [3.8, 4) is 11.5 Å². The summed E-state index contributed by atoms with van der Waals surface area (Å²) in [6, 6.07) is 13.3. The van der Waals surface area contributed by atoms with Gasteiger partial charge in [-0.15, -0.1) is 0 Å². The van der Waals surface area contributed by atoms with Crippen LogP contribution >= 0.6 is 0 Å². The first kappa shape index (κ1) is 20.7. The van der Waals surface area contributed by atoms with Crippen LogP contribution in [0.4, 0.5) is 5.69 Å². The van der Waals surface area contributed by atoms with E-state index in [9.17, 15) is 14.4 Å². The van der Waals surface area contributed by atoms with Crippen LogP contribution < -0.4 is 14.8 Å². The Kier molecular flexibility index (Phi) is 8.36. The van der Waals surface area contributed by atoms with Gasteiger partial charge in [-0.2, -0.15) is 0 Å². The average molecular weight is 359 g/mol. The van der Waals surface area contributed by atoms with Crippen LogP contribution in [0.1, 0.15) is 31.1 Å². The molecular weight excluding hydrogens is 338 g/mol. The molecular formula is C19H21NO6. The van der Waals surface area contributed by atoms with E-state index < -0.39 is 11.9 Å². The van der Waals surface area contributed by atoms with Crippen molar-refractivity contribution >= 4 is 23.5 Å². The highest BCUT2D eigenvalue weighted by atomic mass is 16.5. The van der Waals surface area contributed by atoms with E-state index in [0.29, 0.717) is 6.61 Å². The lowest BCUT2D eigenvalue weighted by Gasteiger charge is -2.04. The topological polar surface area (TPSA) is 102 Å². The number of benzene rings is 2. The molecule has 0 heterocycles. The normalized spacial score (nSPS) is 9.35. The van der Waals surface area contributed by atoms with E-state index in [4.69, 9.17) is 9.84 Å². The lowest BCUT2D eigenvalue weighted by Crippen LogP contribution is -2.06. The first-order valence-electron chi connectivity index (χ1n) is 7.84. The van der Waals surface area contributed by atoms with Gasteiger partial charge in [0, 0.05) is 19.5 Å². The number of ether oxygens (including phenoxy) is 2. The quantitative estimate of drug-likeness (QED) is 0.627. The molecule has 2 aromatic rings. The Labute approximate surface area is 151 Å². The Morgan fingerprint density at radius 1 is 1.00 bits per heavy atom. The number of aromatic carboxylic acids is 1. The largest absolute Gasteiger partial charge is 0.494 e. The number of para-hydroxylation sites is 1. The molecule has 0 aliphatic rings. The SMILES string of the molecule is CC(=O)Oc1ccccc1C(=O)O.CCOc1ccc(NC(C)=O)cc1. The lowest BCUT2D eigenvalue weighted by molar-refractivity contribution is -0.131. The Hall–Kier alpha value is -3.35. The molecule has 7 heteroatoms. The first-order chi connectivity index (χ1) is 12.3. The van der Waals surface area contributed by atoms with Gasteiger partial charge in [-0.1, -0.05) is 12.1 Å². The number of carboxylic acids is 1. The second kappa shape index (κ2) is 10.5. The fraction of sp³-hybridized carbons (Fsp3) is 0.211. The van der Waals surface area contributed by atoms with Crippen molar-refractivity contribution in [3.63, 3.8) is 0 Å². The number of rotatable bonds is 5. The van der Waals surface area contributed by atoms with Crippen LogP contribution in [0.3, 0.4) is 0 Å². The minimum atomic E-state index is -1.11. The van der Waals surface area contributed by atoms with Crippen molar-refractivity contribution in [1.29, 1.82) is 0 Å². The molecule has 26 heavy (non-hydrogen) atoms. The number of hydrogen-bond donors (Lipinski definition) is 2. The smallest absolute Gasteiger partial charge is 0.339 e. The summed E-state index contributed by atoms with van der Waals surface area (Å²) in [5.41, 5.74) is 0.772. The molecule has 2 rings (SSSR count). The molecule has 0 saturated carbocycles. The summed E-state index contributed by atoms with van der Waals surface area (Å²) < 4.78 is 9.94. The van der Waals surface area contributed by atoms with Crippen LogP contribution in [-0.4, -0.2) is 29.6 Å². The molecule has 138 valence electrons. The van der Waals surface area contributed by atoms with Gasteiger partial charge in [0.1, 0.15) is 17.1 Å². The summed E-state index contributed by atoms with van der Waals surface area (Å²) in [5.74, 6) is -0.825. The van der Waals surface area contributed by atoms with Gasteiger partial charge < -0.3 is 19.9 Å². The number of hydrogen-bond acceptors (Lipinski definition) is 5. The number of amides is 1. The van der Waals surface area contributed by atoms with Gasteiger partial charge in [0.25, 0.3) is 0 Å². The molecule has 2 N–H and O–H groups in total. The fourth-order valence-corrected chi connectivity index (χ4v) is 1.89. The van der Waals surface area contributed by atoms with E-state index in [0.717, 1.165) is 11.4 Å². The number of anilines is 1. The molecule has 0 bridgehead atoms. The van der Waals surface area contributed by atoms with Crippen LogP contribution in [0.15, 0.2) is 48.5 Å². The second-order valence-electron chi connectivity index (χ2n) is 5.03. The molecule has 0 fully saturated rings. The zero-order chi connectivity index (χ0) is 19.5. The minimum absolute atomic E-state index is 0.0160. The molecule has 1 amide bonds. The molecule has 2 aromatic carbocycles. The van der Waals surface area contributed by atoms with Gasteiger partial charge in [0.2, 0.25) is 5.91 Å². The van der Waals surface area contributed by atoms with E-state index in [1.807, 2.05) is 31.2 Å². The summed E-state index contributed by atoms with van der Waals surface area (Å²) in [6.07, 6.45) is 0. The predicted octanol–water partition coefficient (Wildman–Crippen LogP) is 3.35. The van der Waals surface area contributed by atoms with Gasteiger partial charge in [0.05, 0.1) is 6.61 Å². The number of carbonyl (C=O) groups is 3. The van der Waals surface area contributed by atoms with Crippen LogP contribution in [0.25, 0.3) is 0 Å². The van der Waals surface area contributed by atoms with E-state index in [1.54, 1.807) is 12.1 Å². The summed E-state index contributed by atoms with van der Waals surface area (Å²) in [4.78, 5) is 31.9. The number of esters is 1. The Morgan fingerprint density at radius 2 is 1.62 bits per heavy atom. The van der Waals surface area contributed by atoms with E-state index in [-0.39, 0.29) is 17.2 Å². The van der Waals surface area contributed by atoms with Crippen LogP contribution in [0, 0.1) is 0 Å². The summed E-state index contributed by atoms with van der Waals surface area (Å²) in [6.45, 7) is 5.29. The Morgan fingerprint density at radius 3 is 2.12 bits per heavy atom. The number of nitrogens with one attached hydrogen (secondary N) is 1. The van der Waals surface area contributed by atoms with Crippen LogP contribution in [0.2, 0.25) is 0 Å². The lowest BCUT2D eigenvalue weighted by atomic mass is 10.2.